The molecule has 28 heavy (non-hydrogen) atoms. The summed E-state index contributed by atoms with van der Waals surface area (Å²) in [7, 11) is 0. The first-order valence-corrected chi connectivity index (χ1v) is 10.8. The highest BCUT2D eigenvalue weighted by Crippen LogP contribution is 2.33. The molecule has 0 radical (unpaired) electrons. The van der Waals surface area contributed by atoms with Gasteiger partial charge in [0.1, 0.15) is 0 Å². The summed E-state index contributed by atoms with van der Waals surface area (Å²) in [6, 6.07) is 9.11. The molecule has 0 spiro atoms. The predicted octanol–water partition coefficient (Wildman–Crippen LogP) is 6.05. The average Bonchev–Trinajstić information content (AvgIpc) is 3.31. The number of ether oxygens (including phenoxy) is 1. The third-order valence-electron chi connectivity index (χ3n) is 5.04. The SMILES string of the molecule is Cc1cc2nc(N(CC3CCCO3)C(=O)c3cc(Cl)ccc3Cl)sc2cc1C. The van der Waals surface area contributed by atoms with Crippen molar-refractivity contribution in [1.82, 2.24) is 4.98 Å². The van der Waals surface area contributed by atoms with E-state index < -0.39 is 0 Å². The second-order valence-electron chi connectivity index (χ2n) is 7.08. The van der Waals surface area contributed by atoms with Crippen LogP contribution in [0.3, 0.4) is 0 Å². The van der Waals surface area contributed by atoms with Crippen molar-refractivity contribution in [3.05, 3.63) is 57.1 Å². The first-order chi connectivity index (χ1) is 13.4. The fraction of sp³-hybridized carbons (Fsp3) is 0.333. The lowest BCUT2D eigenvalue weighted by Gasteiger charge is -2.23. The van der Waals surface area contributed by atoms with E-state index in [4.69, 9.17) is 32.9 Å². The number of hydrogen-bond donors (Lipinski definition) is 0. The molecule has 2 aromatic carbocycles. The maximum Gasteiger partial charge on any atom is 0.261 e. The number of carbonyl (C=O) groups is 1. The van der Waals surface area contributed by atoms with Crippen LogP contribution in [0.25, 0.3) is 10.2 Å². The van der Waals surface area contributed by atoms with Crippen LogP contribution in [0.4, 0.5) is 5.13 Å². The van der Waals surface area contributed by atoms with Crippen LogP contribution < -0.4 is 4.90 Å². The second kappa shape index (κ2) is 7.99. The van der Waals surface area contributed by atoms with Gasteiger partial charge in [-0.05, 0) is 68.1 Å². The van der Waals surface area contributed by atoms with Crippen LogP contribution in [-0.4, -0.2) is 30.1 Å². The Labute approximate surface area is 178 Å². The van der Waals surface area contributed by atoms with Crippen molar-refractivity contribution in [2.75, 3.05) is 18.1 Å². The summed E-state index contributed by atoms with van der Waals surface area (Å²) in [5, 5.41) is 1.50. The van der Waals surface area contributed by atoms with Gasteiger partial charge in [-0.25, -0.2) is 4.98 Å². The lowest BCUT2D eigenvalue weighted by Crippen LogP contribution is -2.37. The van der Waals surface area contributed by atoms with Crippen molar-refractivity contribution in [1.29, 1.82) is 0 Å². The Balaban J connectivity index is 1.76. The quantitative estimate of drug-likeness (QED) is 0.501. The number of halogens is 2. The maximum absolute atomic E-state index is 13.4. The molecule has 0 aliphatic carbocycles. The maximum atomic E-state index is 13.4. The van der Waals surface area contributed by atoms with Crippen LogP contribution in [0.5, 0.6) is 0 Å². The lowest BCUT2D eigenvalue weighted by atomic mass is 10.1. The van der Waals surface area contributed by atoms with Crippen LogP contribution in [0.15, 0.2) is 30.3 Å². The van der Waals surface area contributed by atoms with Gasteiger partial charge in [0.15, 0.2) is 5.13 Å². The van der Waals surface area contributed by atoms with Gasteiger partial charge >= 0.3 is 0 Å². The highest BCUT2D eigenvalue weighted by molar-refractivity contribution is 7.22. The van der Waals surface area contributed by atoms with E-state index in [1.807, 2.05) is 0 Å². The van der Waals surface area contributed by atoms with Gasteiger partial charge in [-0.15, -0.1) is 0 Å². The minimum atomic E-state index is -0.212. The molecule has 1 aliphatic heterocycles. The molecule has 146 valence electrons. The largest absolute Gasteiger partial charge is 0.376 e. The van der Waals surface area contributed by atoms with Gasteiger partial charge in [-0.3, -0.25) is 9.69 Å². The first kappa shape index (κ1) is 19.6. The minimum absolute atomic E-state index is 0.00241. The number of benzene rings is 2. The van der Waals surface area contributed by atoms with E-state index in [9.17, 15) is 4.79 Å². The van der Waals surface area contributed by atoms with Crippen LogP contribution in [0, 0.1) is 13.8 Å². The Morgan fingerprint density at radius 2 is 2.04 bits per heavy atom. The number of hydrogen-bond acceptors (Lipinski definition) is 4. The third-order valence-corrected chi connectivity index (χ3v) is 6.64. The Morgan fingerprint density at radius 3 is 2.79 bits per heavy atom. The molecule has 1 aromatic heterocycles. The summed E-state index contributed by atoms with van der Waals surface area (Å²) in [5.74, 6) is -0.212. The molecule has 1 atom stereocenters. The minimum Gasteiger partial charge on any atom is -0.376 e. The Morgan fingerprint density at radius 1 is 1.25 bits per heavy atom. The molecule has 4 rings (SSSR count). The van der Waals surface area contributed by atoms with E-state index >= 15 is 0 Å². The lowest BCUT2D eigenvalue weighted by molar-refractivity contribution is 0.0917. The summed E-state index contributed by atoms with van der Waals surface area (Å²) in [5.41, 5.74) is 3.65. The van der Waals surface area contributed by atoms with E-state index in [0.29, 0.717) is 27.3 Å². The van der Waals surface area contributed by atoms with Gasteiger partial charge in [0, 0.05) is 11.6 Å². The monoisotopic (exact) mass is 434 g/mol. The van der Waals surface area contributed by atoms with E-state index in [1.54, 1.807) is 23.1 Å². The van der Waals surface area contributed by atoms with Gasteiger partial charge in [0.2, 0.25) is 0 Å². The van der Waals surface area contributed by atoms with Crippen LogP contribution in [0.2, 0.25) is 10.0 Å². The molecule has 7 heteroatoms. The summed E-state index contributed by atoms with van der Waals surface area (Å²) >= 11 is 13.9. The number of thiazole rings is 1. The highest BCUT2D eigenvalue weighted by Gasteiger charge is 2.28. The van der Waals surface area contributed by atoms with Crippen molar-refractivity contribution >= 4 is 55.8 Å². The number of rotatable bonds is 4. The van der Waals surface area contributed by atoms with Gasteiger partial charge in [0.25, 0.3) is 5.91 Å². The summed E-state index contributed by atoms with van der Waals surface area (Å²) in [6.45, 7) is 5.31. The zero-order chi connectivity index (χ0) is 19.8. The normalized spacial score (nSPS) is 16.6. The van der Waals surface area contributed by atoms with Gasteiger partial charge in [-0.2, -0.15) is 0 Å². The zero-order valence-corrected chi connectivity index (χ0v) is 18.0. The van der Waals surface area contributed by atoms with Crippen molar-refractivity contribution in [3.63, 3.8) is 0 Å². The summed E-state index contributed by atoms with van der Waals surface area (Å²) in [6.07, 6.45) is 1.93. The molecule has 0 bridgehead atoms. The number of anilines is 1. The molecule has 2 heterocycles. The number of nitrogens with zero attached hydrogens (tertiary/aromatic N) is 2. The van der Waals surface area contributed by atoms with E-state index in [2.05, 4.69) is 26.0 Å². The molecule has 4 nitrogen and oxygen atoms in total. The Hall–Kier alpha value is -1.66. The second-order valence-corrected chi connectivity index (χ2v) is 8.93. The molecule has 3 aromatic rings. The van der Waals surface area contributed by atoms with Gasteiger partial charge in [0.05, 0.1) is 33.5 Å². The number of fused-ring (bicyclic) bond motifs is 1. The molecule has 0 N–H and O–H groups in total. The first-order valence-electron chi connectivity index (χ1n) is 9.18. The fourth-order valence-corrected chi connectivity index (χ4v) is 4.75. The molecule has 1 unspecified atom stereocenters. The van der Waals surface area contributed by atoms with Crippen molar-refractivity contribution < 1.29 is 9.53 Å². The van der Waals surface area contributed by atoms with Crippen LogP contribution in [-0.2, 0) is 4.74 Å². The standard InChI is InChI=1S/C21H20Cl2N2O2S/c1-12-8-18-19(9-13(12)2)28-21(24-18)25(11-15-4-3-7-27-15)20(26)16-10-14(22)5-6-17(16)23/h5-6,8-10,15H,3-4,7,11H2,1-2H3. The topological polar surface area (TPSA) is 42.4 Å². The summed E-state index contributed by atoms with van der Waals surface area (Å²) < 4.78 is 6.84. The number of carbonyl (C=O) groups excluding carboxylic acids is 1. The number of aryl methyl sites for hydroxylation is 2. The number of aromatic nitrogens is 1. The molecule has 1 fully saturated rings. The number of amides is 1. The van der Waals surface area contributed by atoms with E-state index in [1.165, 1.54) is 22.5 Å². The van der Waals surface area contributed by atoms with Crippen molar-refractivity contribution in [2.45, 2.75) is 32.8 Å². The molecular weight excluding hydrogens is 415 g/mol. The summed E-state index contributed by atoms with van der Waals surface area (Å²) in [4.78, 5) is 19.8. The average molecular weight is 435 g/mol. The van der Waals surface area contributed by atoms with E-state index in [-0.39, 0.29) is 12.0 Å². The van der Waals surface area contributed by atoms with E-state index in [0.717, 1.165) is 29.7 Å². The van der Waals surface area contributed by atoms with Crippen LogP contribution in [0.1, 0.15) is 34.3 Å². The molecule has 0 saturated carbocycles. The highest BCUT2D eigenvalue weighted by atomic mass is 35.5. The van der Waals surface area contributed by atoms with Crippen molar-refractivity contribution in [2.24, 2.45) is 0 Å². The van der Waals surface area contributed by atoms with Gasteiger partial charge < -0.3 is 4.74 Å². The molecular formula is C21H20Cl2N2O2S. The Bertz CT molecular complexity index is 1010. The predicted molar refractivity (Wildman–Crippen MR) is 116 cm³/mol. The van der Waals surface area contributed by atoms with Crippen LogP contribution >= 0.6 is 34.5 Å². The van der Waals surface area contributed by atoms with Crippen molar-refractivity contribution in [3.8, 4) is 0 Å². The zero-order valence-electron chi connectivity index (χ0n) is 15.7. The molecule has 1 saturated heterocycles. The third kappa shape index (κ3) is 3.90. The molecule has 1 aliphatic rings. The fourth-order valence-electron chi connectivity index (χ4n) is 3.33. The molecule has 1 amide bonds. The smallest absolute Gasteiger partial charge is 0.261 e. The van der Waals surface area contributed by atoms with Gasteiger partial charge in [-0.1, -0.05) is 34.5 Å². The Kier molecular flexibility index (Phi) is 5.61.